The molecule has 0 aromatic heterocycles. The van der Waals surface area contributed by atoms with E-state index in [1.165, 1.54) is 36.4 Å². The van der Waals surface area contributed by atoms with Crippen molar-refractivity contribution in [1.29, 1.82) is 0 Å². The third-order valence-electron chi connectivity index (χ3n) is 4.85. The number of benzene rings is 3. The van der Waals surface area contributed by atoms with Gasteiger partial charge in [0.05, 0.1) is 16.1 Å². The molecule has 3 aromatic rings. The highest BCUT2D eigenvalue weighted by Crippen LogP contribution is 2.37. The quantitative estimate of drug-likeness (QED) is 0.528. The minimum atomic E-state index is -3.91. The summed E-state index contributed by atoms with van der Waals surface area (Å²) in [6, 6.07) is 15.8. The maximum Gasteiger partial charge on any atom is 0.261 e. The van der Waals surface area contributed by atoms with Crippen molar-refractivity contribution in [3.8, 4) is 11.5 Å². The molecule has 9 heteroatoms. The lowest BCUT2D eigenvalue weighted by Gasteiger charge is -2.12. The Morgan fingerprint density at radius 3 is 2.38 bits per heavy atom. The van der Waals surface area contributed by atoms with Crippen molar-refractivity contribution in [2.45, 2.75) is 25.2 Å². The molecule has 1 aliphatic rings. The van der Waals surface area contributed by atoms with Crippen molar-refractivity contribution in [3.63, 3.8) is 0 Å². The van der Waals surface area contributed by atoms with E-state index in [1.807, 2.05) is 13.0 Å². The summed E-state index contributed by atoms with van der Waals surface area (Å²) in [6.45, 7) is 3.63. The van der Waals surface area contributed by atoms with Crippen LogP contribution in [0.4, 0.5) is 17.1 Å². The Kier molecular flexibility index (Phi) is 5.58. The van der Waals surface area contributed by atoms with Gasteiger partial charge in [-0.3, -0.25) is 14.3 Å². The summed E-state index contributed by atoms with van der Waals surface area (Å²) in [5, 5.41) is 5.46. The van der Waals surface area contributed by atoms with Gasteiger partial charge < -0.3 is 15.4 Å². The number of fused-ring (bicyclic) bond motifs is 2. The summed E-state index contributed by atoms with van der Waals surface area (Å²) in [7, 11) is -3.91. The predicted octanol–water partition coefficient (Wildman–Crippen LogP) is 4.50. The lowest BCUT2D eigenvalue weighted by molar-refractivity contribution is -0.115. The van der Waals surface area contributed by atoms with E-state index >= 15 is 0 Å². The number of nitrogens with one attached hydrogen (secondary N) is 3. The lowest BCUT2D eigenvalue weighted by atomic mass is 10.1. The van der Waals surface area contributed by atoms with E-state index in [9.17, 15) is 18.0 Å². The van der Waals surface area contributed by atoms with Gasteiger partial charge >= 0.3 is 0 Å². The van der Waals surface area contributed by atoms with Gasteiger partial charge in [0.25, 0.3) is 15.9 Å². The van der Waals surface area contributed by atoms with E-state index in [0.717, 1.165) is 5.56 Å². The molecule has 1 aliphatic heterocycles. The maximum atomic E-state index is 12.8. The van der Waals surface area contributed by atoms with Gasteiger partial charge in [-0.15, -0.1) is 0 Å². The molecule has 1 heterocycles. The fourth-order valence-corrected chi connectivity index (χ4v) is 4.23. The number of carbonyl (C=O) groups excluding carboxylic acids is 2. The zero-order valence-electron chi connectivity index (χ0n) is 17.4. The first-order valence-electron chi connectivity index (χ1n) is 9.92. The average molecular weight is 452 g/mol. The number of carbonyl (C=O) groups is 2. The van der Waals surface area contributed by atoms with Gasteiger partial charge in [-0.05, 0) is 67.1 Å². The first kappa shape index (κ1) is 21.4. The number of hydrogen-bond acceptors (Lipinski definition) is 5. The van der Waals surface area contributed by atoms with E-state index in [-0.39, 0.29) is 22.1 Å². The van der Waals surface area contributed by atoms with Gasteiger partial charge in [0.2, 0.25) is 5.91 Å². The van der Waals surface area contributed by atoms with Gasteiger partial charge in [-0.1, -0.05) is 13.0 Å². The minimum absolute atomic E-state index is 0.0190. The molecule has 164 valence electrons. The van der Waals surface area contributed by atoms with E-state index in [0.29, 0.717) is 29.3 Å². The number of anilines is 3. The average Bonchev–Trinajstić information content (AvgIpc) is 2.89. The highest BCUT2D eigenvalue weighted by molar-refractivity contribution is 7.92. The Bertz CT molecular complexity index is 1320. The van der Waals surface area contributed by atoms with Crippen LogP contribution < -0.4 is 20.1 Å². The Morgan fingerprint density at radius 1 is 0.969 bits per heavy atom. The molecule has 0 bridgehead atoms. The number of rotatable bonds is 5. The van der Waals surface area contributed by atoms with Gasteiger partial charge in [0, 0.05) is 17.8 Å². The van der Waals surface area contributed by atoms with Crippen molar-refractivity contribution in [3.05, 3.63) is 71.8 Å². The molecule has 2 amide bonds. The second kappa shape index (κ2) is 8.35. The van der Waals surface area contributed by atoms with Gasteiger partial charge in [0.1, 0.15) is 5.75 Å². The summed E-state index contributed by atoms with van der Waals surface area (Å²) >= 11 is 0. The highest BCUT2D eigenvalue weighted by Gasteiger charge is 2.23. The zero-order valence-corrected chi connectivity index (χ0v) is 18.2. The summed E-state index contributed by atoms with van der Waals surface area (Å²) in [5.74, 6) is 0.262. The van der Waals surface area contributed by atoms with Crippen molar-refractivity contribution in [1.82, 2.24) is 0 Å². The number of ether oxygens (including phenoxy) is 1. The Balaban J connectivity index is 1.57. The molecule has 0 radical (unpaired) electrons. The molecule has 0 spiro atoms. The van der Waals surface area contributed by atoms with E-state index in [1.54, 1.807) is 25.1 Å². The van der Waals surface area contributed by atoms with Crippen LogP contribution in [0.3, 0.4) is 0 Å². The summed E-state index contributed by atoms with van der Waals surface area (Å²) in [6.07, 6.45) is 0.321. The molecule has 32 heavy (non-hydrogen) atoms. The van der Waals surface area contributed by atoms with Gasteiger partial charge in [-0.2, -0.15) is 0 Å². The van der Waals surface area contributed by atoms with Crippen LogP contribution in [-0.4, -0.2) is 20.2 Å². The lowest BCUT2D eigenvalue weighted by Crippen LogP contribution is -2.15. The largest absolute Gasteiger partial charge is 0.454 e. The summed E-state index contributed by atoms with van der Waals surface area (Å²) in [4.78, 5) is 24.2. The molecule has 0 saturated carbocycles. The van der Waals surface area contributed by atoms with E-state index in [2.05, 4.69) is 15.4 Å². The normalized spacial score (nSPS) is 12.5. The Labute approximate surface area is 185 Å². The van der Waals surface area contributed by atoms with Crippen LogP contribution in [0.5, 0.6) is 11.5 Å². The van der Waals surface area contributed by atoms with Crippen LogP contribution >= 0.6 is 0 Å². The van der Waals surface area contributed by atoms with Crippen LogP contribution in [0.1, 0.15) is 29.3 Å². The van der Waals surface area contributed by atoms with Crippen LogP contribution in [0.2, 0.25) is 0 Å². The second-order valence-corrected chi connectivity index (χ2v) is 8.98. The number of aryl methyl sites for hydroxylation is 1. The topological polar surface area (TPSA) is 114 Å². The molecule has 3 aromatic carbocycles. The van der Waals surface area contributed by atoms with Crippen molar-refractivity contribution < 1.29 is 22.7 Å². The number of hydrogen-bond donors (Lipinski definition) is 3. The van der Waals surface area contributed by atoms with E-state index < -0.39 is 15.9 Å². The highest BCUT2D eigenvalue weighted by atomic mass is 32.2. The Hall–Kier alpha value is -3.85. The van der Waals surface area contributed by atoms with Crippen molar-refractivity contribution in [2.75, 3.05) is 15.4 Å². The number of sulfonamides is 1. The third-order valence-corrected chi connectivity index (χ3v) is 6.25. The molecule has 4 rings (SSSR count). The van der Waals surface area contributed by atoms with Crippen molar-refractivity contribution in [2.24, 2.45) is 0 Å². The zero-order chi connectivity index (χ0) is 22.9. The standard InChI is InChI=1S/C23H21N3O5S/c1-3-22(27)24-15-5-8-17(9-6-15)32(29,30)26-16-7-11-20-18(13-16)23(28)25-19-12-14(2)4-10-21(19)31-20/h4-13,26H,3H2,1-2H3,(H,24,27)(H,25,28). The molecule has 0 saturated heterocycles. The van der Waals surface area contributed by atoms with Crippen LogP contribution in [-0.2, 0) is 14.8 Å². The monoisotopic (exact) mass is 451 g/mol. The molecule has 3 N–H and O–H groups in total. The smallest absolute Gasteiger partial charge is 0.261 e. The fourth-order valence-electron chi connectivity index (χ4n) is 3.18. The number of amides is 2. The maximum absolute atomic E-state index is 12.8. The molecule has 0 aliphatic carbocycles. The third kappa shape index (κ3) is 4.42. The SMILES string of the molecule is CCC(=O)Nc1ccc(S(=O)(=O)Nc2ccc3c(c2)C(=O)Nc2cc(C)ccc2O3)cc1. The summed E-state index contributed by atoms with van der Waals surface area (Å²) < 4.78 is 33.9. The molecular formula is C23H21N3O5S. The van der Waals surface area contributed by atoms with Crippen LogP contribution in [0, 0.1) is 6.92 Å². The van der Waals surface area contributed by atoms with Gasteiger partial charge in [0.15, 0.2) is 5.75 Å². The molecule has 0 fully saturated rings. The first-order chi connectivity index (χ1) is 15.2. The molecule has 8 nitrogen and oxygen atoms in total. The molecule has 0 unspecified atom stereocenters. The first-order valence-corrected chi connectivity index (χ1v) is 11.4. The van der Waals surface area contributed by atoms with Crippen LogP contribution in [0.15, 0.2) is 65.6 Å². The fraction of sp³-hybridized carbons (Fsp3) is 0.130. The van der Waals surface area contributed by atoms with Crippen LogP contribution in [0.25, 0.3) is 0 Å². The minimum Gasteiger partial charge on any atom is -0.454 e. The Morgan fingerprint density at radius 2 is 1.66 bits per heavy atom. The second-order valence-electron chi connectivity index (χ2n) is 7.30. The van der Waals surface area contributed by atoms with Crippen molar-refractivity contribution >= 4 is 38.9 Å². The van der Waals surface area contributed by atoms with Gasteiger partial charge in [-0.25, -0.2) is 8.42 Å². The summed E-state index contributed by atoms with van der Waals surface area (Å²) in [5.41, 5.74) is 2.44. The van der Waals surface area contributed by atoms with E-state index in [4.69, 9.17) is 4.74 Å². The molecular weight excluding hydrogens is 430 g/mol. The molecule has 0 atom stereocenters. The predicted molar refractivity (Wildman–Crippen MR) is 122 cm³/mol.